The van der Waals surface area contributed by atoms with Gasteiger partial charge in [-0.05, 0) is 43.3 Å². The zero-order chi connectivity index (χ0) is 23.5. The van der Waals surface area contributed by atoms with Crippen molar-refractivity contribution in [2.45, 2.75) is 33.7 Å². The van der Waals surface area contributed by atoms with Crippen molar-refractivity contribution in [3.05, 3.63) is 54.1 Å². The van der Waals surface area contributed by atoms with E-state index < -0.39 is 6.04 Å². The summed E-state index contributed by atoms with van der Waals surface area (Å²) in [6, 6.07) is 13.4. The normalized spacial score (nSPS) is 11.8. The Kier molecular flexibility index (Phi) is 10.0. The number of rotatable bonds is 12. The Balaban J connectivity index is 2.08. The molecular weight excluding hydrogens is 406 g/mol. The molecule has 1 atom stereocenters. The largest absolute Gasteiger partial charge is 0.493 e. The van der Waals surface area contributed by atoms with Gasteiger partial charge >= 0.3 is 0 Å². The second kappa shape index (κ2) is 12.7. The van der Waals surface area contributed by atoms with Crippen LogP contribution in [0.15, 0.2) is 48.5 Å². The van der Waals surface area contributed by atoms with Crippen LogP contribution in [0.3, 0.4) is 0 Å². The van der Waals surface area contributed by atoms with Gasteiger partial charge in [0.15, 0.2) is 11.5 Å². The van der Waals surface area contributed by atoms with Gasteiger partial charge in [-0.25, -0.2) is 0 Å². The lowest BCUT2D eigenvalue weighted by atomic mass is 10.0. The SMILES string of the molecule is CCN(CC)CCOc1cc(NC(=O)C(NC(=O)c2ccccc2)C(C)C)ccc1OC. The van der Waals surface area contributed by atoms with E-state index in [2.05, 4.69) is 29.4 Å². The van der Waals surface area contributed by atoms with Crippen molar-refractivity contribution in [3.63, 3.8) is 0 Å². The van der Waals surface area contributed by atoms with E-state index >= 15 is 0 Å². The third-order valence-electron chi connectivity index (χ3n) is 5.26. The van der Waals surface area contributed by atoms with Gasteiger partial charge in [-0.2, -0.15) is 0 Å². The number of carbonyl (C=O) groups excluding carboxylic acids is 2. The number of anilines is 1. The highest BCUT2D eigenvalue weighted by Gasteiger charge is 2.25. The number of nitrogens with zero attached hydrogens (tertiary/aromatic N) is 1. The average Bonchev–Trinajstić information content (AvgIpc) is 2.80. The van der Waals surface area contributed by atoms with Gasteiger partial charge in [-0.15, -0.1) is 0 Å². The lowest BCUT2D eigenvalue weighted by molar-refractivity contribution is -0.118. The topological polar surface area (TPSA) is 79.9 Å². The maximum absolute atomic E-state index is 13.0. The molecule has 2 amide bonds. The number of carbonyl (C=O) groups is 2. The highest BCUT2D eigenvalue weighted by Crippen LogP contribution is 2.30. The zero-order valence-electron chi connectivity index (χ0n) is 19.7. The van der Waals surface area contributed by atoms with Crippen molar-refractivity contribution in [1.29, 1.82) is 0 Å². The van der Waals surface area contributed by atoms with Crippen molar-refractivity contribution in [3.8, 4) is 11.5 Å². The first-order valence-corrected chi connectivity index (χ1v) is 11.1. The molecule has 0 aromatic heterocycles. The monoisotopic (exact) mass is 441 g/mol. The van der Waals surface area contributed by atoms with Crippen LogP contribution in [0.5, 0.6) is 11.5 Å². The number of likely N-dealkylation sites (N-methyl/N-ethyl adjacent to an activating group) is 1. The van der Waals surface area contributed by atoms with Crippen molar-refractivity contribution in [1.82, 2.24) is 10.2 Å². The first-order chi connectivity index (χ1) is 15.4. The molecule has 1 unspecified atom stereocenters. The summed E-state index contributed by atoms with van der Waals surface area (Å²) in [5.74, 6) is 0.496. The summed E-state index contributed by atoms with van der Waals surface area (Å²) >= 11 is 0. The molecule has 0 aliphatic carbocycles. The molecule has 0 aliphatic rings. The fourth-order valence-electron chi connectivity index (χ4n) is 3.26. The Morgan fingerprint density at radius 2 is 1.69 bits per heavy atom. The van der Waals surface area contributed by atoms with Crippen LogP contribution >= 0.6 is 0 Å². The van der Waals surface area contributed by atoms with Crippen molar-refractivity contribution in [2.75, 3.05) is 38.7 Å². The van der Waals surface area contributed by atoms with Gasteiger partial charge < -0.3 is 25.0 Å². The number of hydrogen-bond acceptors (Lipinski definition) is 5. The molecule has 2 aromatic carbocycles. The summed E-state index contributed by atoms with van der Waals surface area (Å²) < 4.78 is 11.3. The molecule has 0 heterocycles. The Labute approximate surface area is 191 Å². The fraction of sp³-hybridized carbons (Fsp3) is 0.440. The average molecular weight is 442 g/mol. The molecule has 32 heavy (non-hydrogen) atoms. The lowest BCUT2D eigenvalue weighted by Crippen LogP contribution is -2.47. The predicted molar refractivity (Wildman–Crippen MR) is 127 cm³/mol. The molecule has 0 saturated heterocycles. The lowest BCUT2D eigenvalue weighted by Gasteiger charge is -2.22. The van der Waals surface area contributed by atoms with Crippen molar-refractivity contribution in [2.24, 2.45) is 5.92 Å². The minimum atomic E-state index is -0.683. The van der Waals surface area contributed by atoms with Crippen molar-refractivity contribution >= 4 is 17.5 Å². The minimum Gasteiger partial charge on any atom is -0.493 e. The number of hydrogen-bond donors (Lipinski definition) is 2. The fourth-order valence-corrected chi connectivity index (χ4v) is 3.26. The van der Waals surface area contributed by atoms with Crippen LogP contribution in [0, 0.1) is 5.92 Å². The summed E-state index contributed by atoms with van der Waals surface area (Å²) in [6.07, 6.45) is 0. The Morgan fingerprint density at radius 3 is 2.28 bits per heavy atom. The number of amides is 2. The smallest absolute Gasteiger partial charge is 0.251 e. The second-order valence-corrected chi connectivity index (χ2v) is 7.79. The molecule has 2 rings (SSSR count). The van der Waals surface area contributed by atoms with Gasteiger partial charge in [-0.1, -0.05) is 45.9 Å². The minimum absolute atomic E-state index is 0.0919. The van der Waals surface area contributed by atoms with Crippen molar-refractivity contribution < 1.29 is 19.1 Å². The Hall–Kier alpha value is -3.06. The molecule has 2 aromatic rings. The molecule has 174 valence electrons. The van der Waals surface area contributed by atoms with Crippen LogP contribution < -0.4 is 20.1 Å². The van der Waals surface area contributed by atoms with Crippen LogP contribution in [-0.2, 0) is 4.79 Å². The molecule has 0 radical (unpaired) electrons. The maximum Gasteiger partial charge on any atom is 0.251 e. The van der Waals surface area contributed by atoms with Crippen LogP contribution in [0.4, 0.5) is 5.69 Å². The van der Waals surface area contributed by atoms with E-state index in [1.165, 1.54) is 0 Å². The second-order valence-electron chi connectivity index (χ2n) is 7.79. The van der Waals surface area contributed by atoms with Crippen LogP contribution in [-0.4, -0.2) is 56.1 Å². The summed E-state index contributed by atoms with van der Waals surface area (Å²) in [6.45, 7) is 11.2. The van der Waals surface area contributed by atoms with Crippen LogP contribution in [0.1, 0.15) is 38.1 Å². The quantitative estimate of drug-likeness (QED) is 0.524. The molecule has 2 N–H and O–H groups in total. The molecule has 0 aliphatic heterocycles. The molecule has 0 fully saturated rings. The third kappa shape index (κ3) is 7.27. The highest BCUT2D eigenvalue weighted by molar-refractivity contribution is 6.01. The van der Waals surface area contributed by atoms with Gasteiger partial charge in [0.1, 0.15) is 12.6 Å². The van der Waals surface area contributed by atoms with E-state index in [0.717, 1.165) is 19.6 Å². The molecular formula is C25H35N3O4. The first kappa shape index (κ1) is 25.2. The summed E-state index contributed by atoms with van der Waals surface area (Å²) in [7, 11) is 1.58. The van der Waals surface area contributed by atoms with E-state index in [9.17, 15) is 9.59 Å². The maximum atomic E-state index is 13.0. The summed E-state index contributed by atoms with van der Waals surface area (Å²) in [5.41, 5.74) is 1.09. The highest BCUT2D eigenvalue weighted by atomic mass is 16.5. The summed E-state index contributed by atoms with van der Waals surface area (Å²) in [4.78, 5) is 27.8. The summed E-state index contributed by atoms with van der Waals surface area (Å²) in [5, 5.41) is 5.73. The van der Waals surface area contributed by atoms with Crippen LogP contribution in [0.2, 0.25) is 0 Å². The van der Waals surface area contributed by atoms with E-state index in [4.69, 9.17) is 9.47 Å². The van der Waals surface area contributed by atoms with E-state index in [1.807, 2.05) is 19.9 Å². The molecule has 7 heteroatoms. The predicted octanol–water partition coefficient (Wildman–Crippen LogP) is 3.81. The number of nitrogens with one attached hydrogen (secondary N) is 2. The first-order valence-electron chi connectivity index (χ1n) is 11.1. The van der Waals surface area contributed by atoms with Gasteiger partial charge in [-0.3, -0.25) is 9.59 Å². The van der Waals surface area contributed by atoms with Gasteiger partial charge in [0.25, 0.3) is 5.91 Å². The standard InChI is InChI=1S/C25H35N3O4/c1-6-28(7-2)15-16-32-22-17-20(13-14-21(22)31-5)26-25(30)23(18(3)4)27-24(29)19-11-9-8-10-12-19/h8-14,17-18,23H,6-7,15-16H2,1-5H3,(H,26,30)(H,27,29). The van der Waals surface area contributed by atoms with Crippen LogP contribution in [0.25, 0.3) is 0 Å². The van der Waals surface area contributed by atoms with Gasteiger partial charge in [0.2, 0.25) is 5.91 Å². The van der Waals surface area contributed by atoms with Gasteiger partial charge in [0.05, 0.1) is 7.11 Å². The number of ether oxygens (including phenoxy) is 2. The Morgan fingerprint density at radius 1 is 1.00 bits per heavy atom. The molecule has 0 bridgehead atoms. The molecule has 7 nitrogen and oxygen atoms in total. The molecule has 0 saturated carbocycles. The zero-order valence-corrected chi connectivity index (χ0v) is 19.7. The molecule has 0 spiro atoms. The van der Waals surface area contributed by atoms with E-state index in [-0.39, 0.29) is 17.7 Å². The Bertz CT molecular complexity index is 867. The number of methoxy groups -OCH3 is 1. The van der Waals surface area contributed by atoms with Gasteiger partial charge in [0, 0.05) is 23.9 Å². The van der Waals surface area contributed by atoms with E-state index in [1.54, 1.807) is 49.6 Å². The van der Waals surface area contributed by atoms with E-state index in [0.29, 0.717) is 29.4 Å². The third-order valence-corrected chi connectivity index (χ3v) is 5.26. The number of benzene rings is 2.